The Labute approximate surface area is 114 Å². The predicted octanol–water partition coefficient (Wildman–Crippen LogP) is 2.59. The van der Waals surface area contributed by atoms with E-state index < -0.39 is 0 Å². The molecule has 4 N–H and O–H groups in total. The zero-order valence-corrected chi connectivity index (χ0v) is 10.9. The number of fused-ring (bicyclic) bond motifs is 1. The molecule has 2 heterocycles. The van der Waals surface area contributed by atoms with Crippen molar-refractivity contribution in [2.75, 3.05) is 10.7 Å². The van der Waals surface area contributed by atoms with E-state index in [9.17, 15) is 0 Å². The molecule has 0 fully saturated rings. The van der Waals surface area contributed by atoms with E-state index in [1.807, 2.05) is 24.3 Å². The SMILES string of the molecule is NNc1nc(NCc2ccsc2)c2ccccc2n1. The summed E-state index contributed by atoms with van der Waals surface area (Å²) in [6.07, 6.45) is 0. The van der Waals surface area contributed by atoms with E-state index in [0.29, 0.717) is 5.95 Å². The quantitative estimate of drug-likeness (QED) is 0.502. The van der Waals surface area contributed by atoms with Crippen molar-refractivity contribution < 1.29 is 0 Å². The number of hydrogen-bond donors (Lipinski definition) is 3. The maximum absolute atomic E-state index is 5.40. The van der Waals surface area contributed by atoms with Gasteiger partial charge >= 0.3 is 0 Å². The van der Waals surface area contributed by atoms with Crippen molar-refractivity contribution in [1.82, 2.24) is 9.97 Å². The molecule has 0 aliphatic carbocycles. The number of anilines is 2. The number of nitrogens with zero attached hydrogens (tertiary/aromatic N) is 2. The number of rotatable bonds is 4. The van der Waals surface area contributed by atoms with E-state index in [-0.39, 0.29) is 0 Å². The van der Waals surface area contributed by atoms with Crippen molar-refractivity contribution in [3.63, 3.8) is 0 Å². The first kappa shape index (κ1) is 11.9. The molecule has 1 aromatic carbocycles. The number of thiophene rings is 1. The summed E-state index contributed by atoms with van der Waals surface area (Å²) in [5.74, 6) is 6.59. The summed E-state index contributed by atoms with van der Waals surface area (Å²) in [7, 11) is 0. The summed E-state index contributed by atoms with van der Waals surface area (Å²) in [6.45, 7) is 0.731. The maximum Gasteiger partial charge on any atom is 0.239 e. The second-order valence-corrected chi connectivity index (χ2v) is 4.82. The van der Waals surface area contributed by atoms with Crippen molar-refractivity contribution >= 4 is 34.0 Å². The lowest BCUT2D eigenvalue weighted by Gasteiger charge is -2.09. The first-order valence-electron chi connectivity index (χ1n) is 5.85. The summed E-state index contributed by atoms with van der Waals surface area (Å²) in [6, 6.07) is 9.93. The Kier molecular flexibility index (Phi) is 3.26. The van der Waals surface area contributed by atoms with Crippen LogP contribution in [0.25, 0.3) is 10.9 Å². The molecule has 0 bridgehead atoms. The summed E-state index contributed by atoms with van der Waals surface area (Å²) >= 11 is 1.68. The Hall–Kier alpha value is -2.18. The zero-order valence-electron chi connectivity index (χ0n) is 10.1. The Bertz CT molecular complexity index is 681. The normalized spacial score (nSPS) is 10.6. The van der Waals surface area contributed by atoms with Gasteiger partial charge in [-0.3, -0.25) is 5.43 Å². The third-order valence-electron chi connectivity index (χ3n) is 2.77. The number of hydrogen-bond acceptors (Lipinski definition) is 6. The number of nitrogens with two attached hydrogens (primary N) is 1. The Morgan fingerprint density at radius 3 is 2.84 bits per heavy atom. The molecule has 0 radical (unpaired) electrons. The van der Waals surface area contributed by atoms with Crippen molar-refractivity contribution in [2.45, 2.75) is 6.54 Å². The Morgan fingerprint density at radius 1 is 1.16 bits per heavy atom. The standard InChI is InChI=1S/C13H13N5S/c14-18-13-16-11-4-2-1-3-10(11)12(17-13)15-7-9-5-6-19-8-9/h1-6,8H,7,14H2,(H2,15,16,17,18). The van der Waals surface area contributed by atoms with Crippen LogP contribution in [-0.4, -0.2) is 9.97 Å². The van der Waals surface area contributed by atoms with Crippen LogP contribution >= 0.6 is 11.3 Å². The van der Waals surface area contributed by atoms with Crippen LogP contribution in [0.1, 0.15) is 5.56 Å². The highest BCUT2D eigenvalue weighted by Crippen LogP contribution is 2.22. The van der Waals surface area contributed by atoms with Crippen LogP contribution < -0.4 is 16.6 Å². The van der Waals surface area contributed by atoms with E-state index in [4.69, 9.17) is 5.84 Å². The molecule has 2 aromatic heterocycles. The fraction of sp³-hybridized carbons (Fsp3) is 0.0769. The lowest BCUT2D eigenvalue weighted by atomic mass is 10.2. The van der Waals surface area contributed by atoms with Gasteiger partial charge in [0.2, 0.25) is 5.95 Å². The lowest BCUT2D eigenvalue weighted by Crippen LogP contribution is -2.12. The molecule has 96 valence electrons. The van der Waals surface area contributed by atoms with E-state index >= 15 is 0 Å². The first-order chi connectivity index (χ1) is 9.36. The van der Waals surface area contributed by atoms with Crippen molar-refractivity contribution in [3.8, 4) is 0 Å². The average Bonchev–Trinajstić information content (AvgIpc) is 2.97. The highest BCUT2D eigenvalue weighted by Gasteiger charge is 2.06. The van der Waals surface area contributed by atoms with Crippen LogP contribution in [0.3, 0.4) is 0 Å². The number of benzene rings is 1. The lowest BCUT2D eigenvalue weighted by molar-refractivity contribution is 1.09. The third-order valence-corrected chi connectivity index (χ3v) is 3.50. The minimum Gasteiger partial charge on any atom is -0.365 e. The van der Waals surface area contributed by atoms with Gasteiger partial charge in [0.15, 0.2) is 0 Å². The largest absolute Gasteiger partial charge is 0.365 e. The molecule has 19 heavy (non-hydrogen) atoms. The van der Waals surface area contributed by atoms with E-state index in [1.165, 1.54) is 5.56 Å². The van der Waals surface area contributed by atoms with Gasteiger partial charge in [-0.2, -0.15) is 16.3 Å². The molecule has 3 rings (SSSR count). The van der Waals surface area contributed by atoms with Crippen molar-refractivity contribution in [1.29, 1.82) is 0 Å². The predicted molar refractivity (Wildman–Crippen MR) is 79.0 cm³/mol. The van der Waals surface area contributed by atoms with Gasteiger partial charge in [0.25, 0.3) is 0 Å². The summed E-state index contributed by atoms with van der Waals surface area (Å²) in [4.78, 5) is 8.68. The van der Waals surface area contributed by atoms with Gasteiger partial charge in [0.1, 0.15) is 5.82 Å². The number of aromatic nitrogens is 2. The second kappa shape index (κ2) is 5.21. The number of para-hydroxylation sites is 1. The van der Waals surface area contributed by atoms with Gasteiger partial charge in [-0.25, -0.2) is 10.8 Å². The molecule has 0 unspecified atom stereocenters. The molecule has 0 saturated carbocycles. The fourth-order valence-electron chi connectivity index (χ4n) is 1.85. The highest BCUT2D eigenvalue weighted by molar-refractivity contribution is 7.07. The second-order valence-electron chi connectivity index (χ2n) is 4.04. The van der Waals surface area contributed by atoms with Crippen LogP contribution in [0.2, 0.25) is 0 Å². The van der Waals surface area contributed by atoms with Crippen LogP contribution in [0.5, 0.6) is 0 Å². The number of nitrogens with one attached hydrogen (secondary N) is 2. The summed E-state index contributed by atoms with van der Waals surface area (Å²) < 4.78 is 0. The van der Waals surface area contributed by atoms with Crippen LogP contribution in [-0.2, 0) is 6.54 Å². The Balaban J connectivity index is 1.96. The average molecular weight is 271 g/mol. The van der Waals surface area contributed by atoms with E-state index in [1.54, 1.807) is 11.3 Å². The minimum absolute atomic E-state index is 0.409. The van der Waals surface area contributed by atoms with Gasteiger partial charge < -0.3 is 5.32 Å². The smallest absolute Gasteiger partial charge is 0.239 e. The van der Waals surface area contributed by atoms with Crippen molar-refractivity contribution in [3.05, 3.63) is 46.7 Å². The van der Waals surface area contributed by atoms with Gasteiger partial charge in [-0.05, 0) is 34.5 Å². The van der Waals surface area contributed by atoms with Gasteiger partial charge in [0, 0.05) is 11.9 Å². The van der Waals surface area contributed by atoms with E-state index in [0.717, 1.165) is 23.3 Å². The molecular weight excluding hydrogens is 258 g/mol. The van der Waals surface area contributed by atoms with Crippen LogP contribution in [0.4, 0.5) is 11.8 Å². The van der Waals surface area contributed by atoms with Gasteiger partial charge in [0.05, 0.1) is 5.52 Å². The topological polar surface area (TPSA) is 75.9 Å². The summed E-state index contributed by atoms with van der Waals surface area (Å²) in [5.41, 5.74) is 4.58. The molecule has 6 heteroatoms. The van der Waals surface area contributed by atoms with Crippen LogP contribution in [0.15, 0.2) is 41.1 Å². The van der Waals surface area contributed by atoms with Gasteiger partial charge in [-0.1, -0.05) is 12.1 Å². The molecule has 0 saturated heterocycles. The fourth-order valence-corrected chi connectivity index (χ4v) is 2.52. The molecule has 0 aliphatic heterocycles. The number of hydrazine groups is 1. The first-order valence-corrected chi connectivity index (χ1v) is 6.79. The maximum atomic E-state index is 5.40. The monoisotopic (exact) mass is 271 g/mol. The third kappa shape index (κ3) is 2.49. The molecule has 0 spiro atoms. The number of nitrogen functional groups attached to an aromatic ring is 1. The molecule has 0 aliphatic rings. The molecular formula is C13H13N5S. The Morgan fingerprint density at radius 2 is 2.05 bits per heavy atom. The molecule has 3 aromatic rings. The molecule has 5 nitrogen and oxygen atoms in total. The van der Waals surface area contributed by atoms with E-state index in [2.05, 4.69) is 37.5 Å². The molecule has 0 amide bonds. The zero-order chi connectivity index (χ0) is 13.1. The van der Waals surface area contributed by atoms with Crippen molar-refractivity contribution in [2.24, 2.45) is 5.84 Å². The highest BCUT2D eigenvalue weighted by atomic mass is 32.1. The minimum atomic E-state index is 0.409. The summed E-state index contributed by atoms with van der Waals surface area (Å²) in [5, 5.41) is 8.47. The van der Waals surface area contributed by atoms with Crippen LogP contribution in [0, 0.1) is 0 Å². The molecule has 0 atom stereocenters. The van der Waals surface area contributed by atoms with Gasteiger partial charge in [-0.15, -0.1) is 0 Å².